The van der Waals surface area contributed by atoms with Crippen molar-refractivity contribution in [3.05, 3.63) is 40.1 Å². The molecule has 0 aliphatic rings. The van der Waals surface area contributed by atoms with Gasteiger partial charge in [0.05, 0.1) is 16.6 Å². The molecule has 0 unspecified atom stereocenters. The molecule has 0 aliphatic carbocycles. The second-order valence-electron chi connectivity index (χ2n) is 4.80. The third-order valence-electron chi connectivity index (χ3n) is 2.60. The molecule has 84 valence electrons. The summed E-state index contributed by atoms with van der Waals surface area (Å²) in [6.45, 7) is 6.16. The Morgan fingerprint density at radius 3 is 2.50 bits per heavy atom. The van der Waals surface area contributed by atoms with Crippen molar-refractivity contribution >= 4 is 16.7 Å². The highest BCUT2D eigenvalue weighted by molar-refractivity contribution is 5.89. The van der Waals surface area contributed by atoms with Crippen LogP contribution in [0.25, 0.3) is 11.0 Å². The summed E-state index contributed by atoms with van der Waals surface area (Å²) < 4.78 is 5.36. The van der Waals surface area contributed by atoms with Crippen molar-refractivity contribution in [3.63, 3.8) is 0 Å². The van der Waals surface area contributed by atoms with Gasteiger partial charge in [-0.05, 0) is 17.5 Å². The van der Waals surface area contributed by atoms with E-state index in [1.165, 1.54) is 6.26 Å². The highest BCUT2D eigenvalue weighted by Crippen LogP contribution is 2.35. The number of nitrogens with zero attached hydrogens (tertiary/aromatic N) is 1. The van der Waals surface area contributed by atoms with Crippen LogP contribution in [0.2, 0.25) is 0 Å². The summed E-state index contributed by atoms with van der Waals surface area (Å²) in [5.74, 6) is 0. The van der Waals surface area contributed by atoms with Gasteiger partial charge in [-0.2, -0.15) is 0 Å². The Morgan fingerprint density at radius 1 is 1.25 bits per heavy atom. The average molecular weight is 219 g/mol. The van der Waals surface area contributed by atoms with Crippen LogP contribution < -0.4 is 0 Å². The lowest BCUT2D eigenvalue weighted by Gasteiger charge is -2.18. The number of non-ortho nitro benzene ring substituents is 1. The third kappa shape index (κ3) is 1.56. The van der Waals surface area contributed by atoms with E-state index in [1.54, 1.807) is 18.2 Å². The van der Waals surface area contributed by atoms with Gasteiger partial charge in [0.1, 0.15) is 5.58 Å². The quantitative estimate of drug-likeness (QED) is 0.543. The van der Waals surface area contributed by atoms with Gasteiger partial charge in [0.15, 0.2) is 0 Å². The zero-order valence-corrected chi connectivity index (χ0v) is 9.48. The number of hydrogen-bond acceptors (Lipinski definition) is 3. The van der Waals surface area contributed by atoms with E-state index in [9.17, 15) is 10.1 Å². The number of rotatable bonds is 1. The summed E-state index contributed by atoms with van der Waals surface area (Å²) in [6.07, 6.45) is 1.49. The van der Waals surface area contributed by atoms with E-state index in [0.717, 1.165) is 5.56 Å². The summed E-state index contributed by atoms with van der Waals surface area (Å²) in [5, 5.41) is 11.4. The largest absolute Gasteiger partial charge is 0.464 e. The molecule has 2 rings (SSSR count). The Morgan fingerprint density at radius 2 is 1.94 bits per heavy atom. The van der Waals surface area contributed by atoms with Gasteiger partial charge in [0, 0.05) is 11.6 Å². The maximum Gasteiger partial charge on any atom is 0.280 e. The van der Waals surface area contributed by atoms with E-state index in [4.69, 9.17) is 4.42 Å². The Bertz CT molecular complexity index is 549. The maximum absolute atomic E-state index is 10.8. The van der Waals surface area contributed by atoms with Crippen LogP contribution in [-0.4, -0.2) is 4.92 Å². The van der Waals surface area contributed by atoms with Crippen LogP contribution in [0.1, 0.15) is 26.3 Å². The fourth-order valence-electron chi connectivity index (χ4n) is 1.80. The highest BCUT2D eigenvalue weighted by atomic mass is 16.6. The Hall–Kier alpha value is -1.84. The van der Waals surface area contributed by atoms with Crippen LogP contribution in [-0.2, 0) is 5.41 Å². The van der Waals surface area contributed by atoms with Crippen LogP contribution in [0, 0.1) is 10.1 Å². The summed E-state index contributed by atoms with van der Waals surface area (Å²) >= 11 is 0. The van der Waals surface area contributed by atoms with Gasteiger partial charge in [0.25, 0.3) is 5.69 Å². The second-order valence-corrected chi connectivity index (χ2v) is 4.80. The molecule has 1 aromatic carbocycles. The molecule has 0 saturated heterocycles. The summed E-state index contributed by atoms with van der Waals surface area (Å²) in [6, 6.07) is 4.95. The first kappa shape index (κ1) is 10.7. The zero-order valence-electron chi connectivity index (χ0n) is 9.48. The minimum atomic E-state index is -0.385. The molecule has 0 spiro atoms. The van der Waals surface area contributed by atoms with Crippen molar-refractivity contribution < 1.29 is 9.34 Å². The lowest BCUT2D eigenvalue weighted by Crippen LogP contribution is -2.11. The molecule has 0 bridgehead atoms. The summed E-state index contributed by atoms with van der Waals surface area (Å²) in [4.78, 5) is 10.5. The second kappa shape index (κ2) is 3.33. The number of nitro groups is 1. The standard InChI is InChI=1S/C12H13NO3/c1-12(2,3)9-4-5-10(13(14)15)8-6-7-16-11(8)9/h4-7H,1-3H3. The van der Waals surface area contributed by atoms with Crippen molar-refractivity contribution in [2.45, 2.75) is 26.2 Å². The molecule has 4 heteroatoms. The average Bonchev–Trinajstić information content (AvgIpc) is 2.61. The van der Waals surface area contributed by atoms with Gasteiger partial charge in [-0.1, -0.05) is 20.8 Å². The first-order valence-corrected chi connectivity index (χ1v) is 5.06. The monoisotopic (exact) mass is 219 g/mol. The SMILES string of the molecule is CC(C)(C)c1ccc([N+](=O)[O-])c2ccoc12. The van der Waals surface area contributed by atoms with Gasteiger partial charge < -0.3 is 4.42 Å². The summed E-state index contributed by atoms with van der Waals surface area (Å²) in [5.41, 5.74) is 1.60. The minimum absolute atomic E-state index is 0.0920. The van der Waals surface area contributed by atoms with E-state index in [-0.39, 0.29) is 16.0 Å². The van der Waals surface area contributed by atoms with Crippen LogP contribution in [0.15, 0.2) is 28.9 Å². The predicted molar refractivity (Wildman–Crippen MR) is 61.6 cm³/mol. The predicted octanol–water partition coefficient (Wildman–Crippen LogP) is 3.64. The molecule has 0 fully saturated rings. The maximum atomic E-state index is 10.8. The first-order valence-electron chi connectivity index (χ1n) is 5.06. The van der Waals surface area contributed by atoms with Crippen molar-refractivity contribution in [1.82, 2.24) is 0 Å². The van der Waals surface area contributed by atoms with Gasteiger partial charge >= 0.3 is 0 Å². The fourth-order valence-corrected chi connectivity index (χ4v) is 1.80. The Kier molecular flexibility index (Phi) is 2.22. The zero-order chi connectivity index (χ0) is 11.9. The van der Waals surface area contributed by atoms with E-state index < -0.39 is 0 Å². The Balaban J connectivity index is 2.79. The topological polar surface area (TPSA) is 56.3 Å². The molecule has 2 aromatic rings. The molecule has 1 heterocycles. The number of benzene rings is 1. The lowest BCUT2D eigenvalue weighted by atomic mass is 9.86. The molecule has 0 radical (unpaired) electrons. The molecular weight excluding hydrogens is 206 g/mol. The van der Waals surface area contributed by atoms with Crippen molar-refractivity contribution in [2.75, 3.05) is 0 Å². The molecular formula is C12H13NO3. The molecule has 0 aliphatic heterocycles. The van der Waals surface area contributed by atoms with Crippen LogP contribution in [0.5, 0.6) is 0 Å². The van der Waals surface area contributed by atoms with Gasteiger partial charge in [-0.25, -0.2) is 0 Å². The molecule has 0 amide bonds. The molecule has 4 nitrogen and oxygen atoms in total. The van der Waals surface area contributed by atoms with E-state index in [0.29, 0.717) is 11.0 Å². The normalized spacial score (nSPS) is 11.9. The van der Waals surface area contributed by atoms with Crippen molar-refractivity contribution in [3.8, 4) is 0 Å². The number of nitro benzene ring substituents is 1. The van der Waals surface area contributed by atoms with E-state index >= 15 is 0 Å². The van der Waals surface area contributed by atoms with E-state index in [2.05, 4.69) is 20.8 Å². The van der Waals surface area contributed by atoms with Crippen molar-refractivity contribution in [2.24, 2.45) is 0 Å². The molecule has 0 atom stereocenters. The van der Waals surface area contributed by atoms with Crippen molar-refractivity contribution in [1.29, 1.82) is 0 Å². The number of hydrogen-bond donors (Lipinski definition) is 0. The molecule has 0 saturated carbocycles. The number of fused-ring (bicyclic) bond motifs is 1. The lowest BCUT2D eigenvalue weighted by molar-refractivity contribution is -0.383. The summed E-state index contributed by atoms with van der Waals surface area (Å²) in [7, 11) is 0. The van der Waals surface area contributed by atoms with Gasteiger partial charge in [-0.3, -0.25) is 10.1 Å². The highest BCUT2D eigenvalue weighted by Gasteiger charge is 2.23. The third-order valence-corrected chi connectivity index (χ3v) is 2.60. The fraction of sp³-hybridized carbons (Fsp3) is 0.333. The van der Waals surface area contributed by atoms with Gasteiger partial charge in [0.2, 0.25) is 0 Å². The van der Waals surface area contributed by atoms with E-state index in [1.807, 2.05) is 0 Å². The minimum Gasteiger partial charge on any atom is -0.464 e. The molecule has 1 aromatic heterocycles. The number of furan rings is 1. The van der Waals surface area contributed by atoms with Crippen LogP contribution in [0.4, 0.5) is 5.69 Å². The molecule has 0 N–H and O–H groups in total. The van der Waals surface area contributed by atoms with Crippen LogP contribution in [0.3, 0.4) is 0 Å². The molecule has 16 heavy (non-hydrogen) atoms. The van der Waals surface area contributed by atoms with Gasteiger partial charge in [-0.15, -0.1) is 0 Å². The Labute approximate surface area is 93.0 Å². The van der Waals surface area contributed by atoms with Crippen LogP contribution >= 0.6 is 0 Å². The smallest absolute Gasteiger partial charge is 0.280 e. The first-order chi connectivity index (χ1) is 7.41.